The molecule has 0 aliphatic carbocycles. The topological polar surface area (TPSA) is 66.5 Å². The van der Waals surface area contributed by atoms with Gasteiger partial charge in [-0.25, -0.2) is 21.6 Å². The third kappa shape index (κ3) is 4.16. The van der Waals surface area contributed by atoms with Crippen LogP contribution in [0.1, 0.15) is 17.3 Å². The minimum atomic E-state index is -3.98. The Morgan fingerprint density at radius 3 is 2.30 bits per heavy atom. The highest BCUT2D eigenvalue weighted by atomic mass is 32.2. The maximum atomic E-state index is 13.8. The van der Waals surface area contributed by atoms with Crippen LogP contribution in [0.25, 0.3) is 0 Å². The van der Waals surface area contributed by atoms with E-state index in [1.54, 1.807) is 37.3 Å². The number of rotatable bonds is 6. The van der Waals surface area contributed by atoms with E-state index in [1.807, 2.05) is 0 Å². The molecule has 5 nitrogen and oxygen atoms in total. The number of nitrogens with zero attached hydrogens (tertiary/aromatic N) is 1. The Balaban J connectivity index is 1.92. The number of nitrogens with one attached hydrogen (secondary N) is 1. The van der Waals surface area contributed by atoms with Crippen molar-refractivity contribution in [3.8, 4) is 0 Å². The van der Waals surface area contributed by atoms with Crippen molar-refractivity contribution in [3.63, 3.8) is 0 Å². The summed E-state index contributed by atoms with van der Waals surface area (Å²) >= 11 is 0. The molecule has 1 N–H and O–H groups in total. The Hall–Kier alpha value is -3.33. The van der Waals surface area contributed by atoms with Crippen LogP contribution < -0.4 is 9.62 Å². The van der Waals surface area contributed by atoms with E-state index in [0.29, 0.717) is 11.8 Å². The van der Waals surface area contributed by atoms with Gasteiger partial charge in [0.05, 0.1) is 16.3 Å². The number of sulfonamides is 1. The van der Waals surface area contributed by atoms with Gasteiger partial charge in [-0.05, 0) is 49.4 Å². The summed E-state index contributed by atoms with van der Waals surface area (Å²) in [6.07, 6.45) is 0. The van der Waals surface area contributed by atoms with Gasteiger partial charge in [0.2, 0.25) is 0 Å². The number of amides is 1. The molecule has 0 aliphatic rings. The molecular weight excluding hydrogens is 417 g/mol. The van der Waals surface area contributed by atoms with E-state index in [9.17, 15) is 26.4 Å². The zero-order valence-corrected chi connectivity index (χ0v) is 16.6. The molecule has 156 valence electrons. The van der Waals surface area contributed by atoms with E-state index in [2.05, 4.69) is 5.32 Å². The number of para-hydroxylation sites is 1. The average molecular weight is 434 g/mol. The fraction of sp³-hybridized carbons (Fsp3) is 0.0952. The van der Waals surface area contributed by atoms with Crippen molar-refractivity contribution in [2.75, 3.05) is 16.2 Å². The van der Waals surface area contributed by atoms with Crippen LogP contribution in [0.3, 0.4) is 0 Å². The van der Waals surface area contributed by atoms with Gasteiger partial charge in [0.25, 0.3) is 15.9 Å². The largest absolute Gasteiger partial charge is 0.319 e. The molecule has 1 amide bonds. The van der Waals surface area contributed by atoms with E-state index in [1.165, 1.54) is 22.5 Å². The summed E-state index contributed by atoms with van der Waals surface area (Å²) < 4.78 is 67.6. The highest BCUT2D eigenvalue weighted by Crippen LogP contribution is 2.25. The first kappa shape index (κ1) is 21.4. The lowest BCUT2D eigenvalue weighted by Gasteiger charge is -2.23. The first-order chi connectivity index (χ1) is 14.3. The van der Waals surface area contributed by atoms with Crippen LogP contribution in [0.2, 0.25) is 0 Å². The summed E-state index contributed by atoms with van der Waals surface area (Å²) in [5.41, 5.74) is -0.199. The fourth-order valence-electron chi connectivity index (χ4n) is 2.83. The van der Waals surface area contributed by atoms with E-state index in [-0.39, 0.29) is 17.0 Å². The molecule has 0 saturated heterocycles. The van der Waals surface area contributed by atoms with Gasteiger partial charge in [0, 0.05) is 12.1 Å². The lowest BCUT2D eigenvalue weighted by atomic mass is 10.2. The second-order valence-electron chi connectivity index (χ2n) is 6.21. The van der Waals surface area contributed by atoms with Gasteiger partial charge in [0.15, 0.2) is 17.5 Å². The molecule has 3 aromatic carbocycles. The SMILES string of the molecule is CCN(c1ccccc1)S(=O)(=O)c1cccc(C(=O)Nc2ccc(F)c(F)c2F)c1. The maximum absolute atomic E-state index is 13.8. The smallest absolute Gasteiger partial charge is 0.264 e. The molecule has 9 heteroatoms. The molecule has 3 rings (SSSR count). The van der Waals surface area contributed by atoms with E-state index in [4.69, 9.17) is 0 Å². The first-order valence-corrected chi connectivity index (χ1v) is 10.3. The maximum Gasteiger partial charge on any atom is 0.264 e. The van der Waals surface area contributed by atoms with Gasteiger partial charge in [0.1, 0.15) is 0 Å². The molecule has 30 heavy (non-hydrogen) atoms. The Morgan fingerprint density at radius 2 is 1.63 bits per heavy atom. The Kier molecular flexibility index (Phi) is 6.12. The molecule has 0 unspecified atom stereocenters. The minimum Gasteiger partial charge on any atom is -0.319 e. The summed E-state index contributed by atoms with van der Waals surface area (Å²) in [5, 5.41) is 2.12. The van der Waals surface area contributed by atoms with Gasteiger partial charge < -0.3 is 5.32 Å². The number of carbonyl (C=O) groups is 1. The van der Waals surface area contributed by atoms with Gasteiger partial charge >= 0.3 is 0 Å². The summed E-state index contributed by atoms with van der Waals surface area (Å²) in [7, 11) is -3.98. The molecule has 0 fully saturated rings. The third-order valence-electron chi connectivity index (χ3n) is 4.30. The van der Waals surface area contributed by atoms with Gasteiger partial charge in [-0.3, -0.25) is 9.10 Å². The van der Waals surface area contributed by atoms with E-state index < -0.39 is 39.1 Å². The molecule has 0 heterocycles. The minimum absolute atomic E-state index is 0.0932. The van der Waals surface area contributed by atoms with Crippen LogP contribution in [0.4, 0.5) is 24.5 Å². The van der Waals surface area contributed by atoms with Crippen molar-refractivity contribution in [2.45, 2.75) is 11.8 Å². The Labute approximate surface area is 171 Å². The van der Waals surface area contributed by atoms with Gasteiger partial charge in [-0.1, -0.05) is 24.3 Å². The van der Waals surface area contributed by atoms with Crippen LogP contribution in [0.15, 0.2) is 71.6 Å². The fourth-order valence-corrected chi connectivity index (χ4v) is 4.35. The van der Waals surface area contributed by atoms with Crippen LogP contribution in [-0.4, -0.2) is 20.9 Å². The predicted molar refractivity (Wildman–Crippen MR) is 107 cm³/mol. The third-order valence-corrected chi connectivity index (χ3v) is 6.20. The number of halogens is 3. The molecule has 3 aromatic rings. The highest BCUT2D eigenvalue weighted by Gasteiger charge is 2.25. The number of benzene rings is 3. The van der Waals surface area contributed by atoms with Crippen molar-refractivity contribution in [1.29, 1.82) is 0 Å². The van der Waals surface area contributed by atoms with Crippen molar-refractivity contribution in [2.24, 2.45) is 0 Å². The molecule has 0 aliphatic heterocycles. The summed E-state index contributed by atoms with van der Waals surface area (Å²) in [6, 6.07) is 15.1. The lowest BCUT2D eigenvalue weighted by molar-refractivity contribution is 0.102. The number of anilines is 2. The van der Waals surface area contributed by atoms with E-state index in [0.717, 1.165) is 12.1 Å². The standard InChI is InChI=1S/C21H17F3N2O3S/c1-2-26(15-8-4-3-5-9-15)30(28,29)16-10-6-7-14(13-16)21(27)25-18-12-11-17(22)19(23)20(18)24/h3-13H,2H2,1H3,(H,25,27). The van der Waals surface area contributed by atoms with Crippen molar-refractivity contribution in [3.05, 3.63) is 89.7 Å². The highest BCUT2D eigenvalue weighted by molar-refractivity contribution is 7.92. The second-order valence-corrected chi connectivity index (χ2v) is 8.07. The number of hydrogen-bond donors (Lipinski definition) is 1. The molecule has 0 atom stereocenters. The molecular formula is C21H17F3N2O3S. The van der Waals surface area contributed by atoms with Crippen LogP contribution in [0.5, 0.6) is 0 Å². The molecule has 0 aromatic heterocycles. The Morgan fingerprint density at radius 1 is 0.933 bits per heavy atom. The lowest BCUT2D eigenvalue weighted by Crippen LogP contribution is -2.31. The monoisotopic (exact) mass is 434 g/mol. The predicted octanol–water partition coefficient (Wildman–Crippen LogP) is 4.57. The Bertz CT molecular complexity index is 1190. The summed E-state index contributed by atoms with van der Waals surface area (Å²) in [6.45, 7) is 1.83. The summed E-state index contributed by atoms with van der Waals surface area (Å²) in [5.74, 6) is -5.53. The zero-order valence-electron chi connectivity index (χ0n) is 15.8. The van der Waals surface area contributed by atoms with Crippen molar-refractivity contribution < 1.29 is 26.4 Å². The molecule has 0 spiro atoms. The first-order valence-electron chi connectivity index (χ1n) is 8.88. The van der Waals surface area contributed by atoms with Gasteiger partial charge in [-0.2, -0.15) is 0 Å². The van der Waals surface area contributed by atoms with Crippen LogP contribution in [-0.2, 0) is 10.0 Å². The average Bonchev–Trinajstić information content (AvgIpc) is 2.75. The van der Waals surface area contributed by atoms with Crippen molar-refractivity contribution >= 4 is 27.3 Å². The van der Waals surface area contributed by atoms with E-state index >= 15 is 0 Å². The number of carbonyl (C=O) groups excluding carboxylic acids is 1. The van der Waals surface area contributed by atoms with Crippen LogP contribution in [0, 0.1) is 17.5 Å². The normalized spacial score (nSPS) is 11.2. The van der Waals surface area contributed by atoms with Crippen molar-refractivity contribution in [1.82, 2.24) is 0 Å². The van der Waals surface area contributed by atoms with Crippen LogP contribution >= 0.6 is 0 Å². The van der Waals surface area contributed by atoms with Gasteiger partial charge in [-0.15, -0.1) is 0 Å². The molecule has 0 radical (unpaired) electrons. The quantitative estimate of drug-likeness (QED) is 0.578. The second kappa shape index (κ2) is 8.58. The molecule has 0 bridgehead atoms. The molecule has 0 saturated carbocycles. The summed E-state index contributed by atoms with van der Waals surface area (Å²) in [4.78, 5) is 12.3. The number of hydrogen-bond acceptors (Lipinski definition) is 3. The zero-order chi connectivity index (χ0) is 21.9.